The van der Waals surface area contributed by atoms with Crippen LogP contribution in [0.25, 0.3) is 11.1 Å². The lowest BCUT2D eigenvalue weighted by Crippen LogP contribution is -2.43. The summed E-state index contributed by atoms with van der Waals surface area (Å²) in [6, 6.07) is 19.0. The lowest BCUT2D eigenvalue weighted by atomic mass is 9.95. The summed E-state index contributed by atoms with van der Waals surface area (Å²) in [5, 5.41) is 12.2. The molecule has 0 bridgehead atoms. The summed E-state index contributed by atoms with van der Waals surface area (Å²) < 4.78 is 5.79. The van der Waals surface area contributed by atoms with Gasteiger partial charge >= 0.3 is 5.97 Å². The van der Waals surface area contributed by atoms with Gasteiger partial charge in [0.15, 0.2) is 0 Å². The monoisotopic (exact) mass is 325 g/mol. The van der Waals surface area contributed by atoms with Crippen molar-refractivity contribution >= 4 is 5.97 Å². The van der Waals surface area contributed by atoms with E-state index in [1.165, 1.54) is 11.1 Å². The highest BCUT2D eigenvalue weighted by Gasteiger charge is 2.25. The molecular formula is C20H23NO3. The Morgan fingerprint density at radius 2 is 1.75 bits per heavy atom. The molecule has 24 heavy (non-hydrogen) atoms. The molecule has 1 saturated heterocycles. The van der Waals surface area contributed by atoms with Gasteiger partial charge in [-0.3, -0.25) is 4.79 Å². The van der Waals surface area contributed by atoms with E-state index in [1.807, 2.05) is 18.2 Å². The van der Waals surface area contributed by atoms with Gasteiger partial charge in [0.1, 0.15) is 0 Å². The molecule has 3 rings (SSSR count). The summed E-state index contributed by atoms with van der Waals surface area (Å²) in [5.41, 5.74) is 3.56. The largest absolute Gasteiger partial charge is 0.481 e. The van der Waals surface area contributed by atoms with E-state index in [2.05, 4.69) is 41.7 Å². The predicted octanol–water partition coefficient (Wildman–Crippen LogP) is 3.32. The summed E-state index contributed by atoms with van der Waals surface area (Å²) in [5.74, 6) is -0.966. The van der Waals surface area contributed by atoms with Crippen molar-refractivity contribution in [3.05, 3.63) is 60.2 Å². The van der Waals surface area contributed by atoms with Crippen LogP contribution in [0.5, 0.6) is 0 Å². The van der Waals surface area contributed by atoms with Crippen molar-refractivity contribution in [1.82, 2.24) is 5.32 Å². The molecule has 4 heteroatoms. The molecule has 0 saturated carbocycles. The first-order valence-corrected chi connectivity index (χ1v) is 8.40. The number of aliphatic carboxylic acids is 1. The zero-order chi connectivity index (χ0) is 16.8. The second-order valence-electron chi connectivity index (χ2n) is 6.30. The van der Waals surface area contributed by atoms with Crippen LogP contribution in [0.4, 0.5) is 0 Å². The Labute approximate surface area is 142 Å². The molecule has 4 nitrogen and oxygen atoms in total. The Morgan fingerprint density at radius 3 is 2.38 bits per heavy atom. The van der Waals surface area contributed by atoms with E-state index in [1.54, 1.807) is 0 Å². The van der Waals surface area contributed by atoms with Crippen molar-refractivity contribution in [1.29, 1.82) is 0 Å². The third kappa shape index (κ3) is 4.43. The fourth-order valence-electron chi connectivity index (χ4n) is 3.01. The number of hydrogen-bond acceptors (Lipinski definition) is 3. The molecule has 1 fully saturated rings. The lowest BCUT2D eigenvalue weighted by Gasteiger charge is -2.27. The number of piperidine rings is 1. The Hall–Kier alpha value is -2.17. The number of nitrogens with one attached hydrogen (secondary N) is 1. The molecule has 0 amide bonds. The summed E-state index contributed by atoms with van der Waals surface area (Å²) >= 11 is 0. The number of carbonyl (C=O) groups is 1. The maximum atomic E-state index is 10.9. The highest BCUT2D eigenvalue weighted by Crippen LogP contribution is 2.20. The van der Waals surface area contributed by atoms with Crippen molar-refractivity contribution in [3.8, 4) is 11.1 Å². The zero-order valence-corrected chi connectivity index (χ0v) is 13.7. The van der Waals surface area contributed by atoms with Crippen LogP contribution < -0.4 is 5.32 Å². The van der Waals surface area contributed by atoms with Gasteiger partial charge in [0, 0.05) is 12.6 Å². The van der Waals surface area contributed by atoms with Crippen LogP contribution in [-0.4, -0.2) is 30.3 Å². The SMILES string of the molecule is O=C(O)[C@@H]1CC[C@@H](COCc2ccc(-c3ccccc3)cc2)NC1. The van der Waals surface area contributed by atoms with Crippen LogP contribution in [0.1, 0.15) is 18.4 Å². The van der Waals surface area contributed by atoms with E-state index in [4.69, 9.17) is 9.84 Å². The summed E-state index contributed by atoms with van der Waals surface area (Å²) in [6.07, 6.45) is 1.58. The first-order chi connectivity index (χ1) is 11.7. The molecule has 2 aromatic rings. The Morgan fingerprint density at radius 1 is 1.04 bits per heavy atom. The summed E-state index contributed by atoms with van der Waals surface area (Å²) in [6.45, 7) is 1.73. The minimum absolute atomic E-state index is 0.254. The second-order valence-corrected chi connectivity index (χ2v) is 6.30. The second kappa shape index (κ2) is 8.08. The van der Waals surface area contributed by atoms with Gasteiger partial charge in [0.2, 0.25) is 0 Å². The third-order valence-electron chi connectivity index (χ3n) is 4.51. The van der Waals surface area contributed by atoms with Gasteiger partial charge < -0.3 is 15.2 Å². The first-order valence-electron chi connectivity index (χ1n) is 8.40. The number of rotatable bonds is 6. The molecule has 126 valence electrons. The van der Waals surface area contributed by atoms with Crippen molar-refractivity contribution in [2.24, 2.45) is 5.92 Å². The zero-order valence-electron chi connectivity index (χ0n) is 13.7. The van der Waals surface area contributed by atoms with E-state index in [0.717, 1.165) is 18.4 Å². The van der Waals surface area contributed by atoms with Gasteiger partial charge in [0.25, 0.3) is 0 Å². The molecular weight excluding hydrogens is 302 g/mol. The molecule has 2 aromatic carbocycles. The first kappa shape index (κ1) is 16.7. The van der Waals surface area contributed by atoms with Crippen LogP contribution in [0.15, 0.2) is 54.6 Å². The lowest BCUT2D eigenvalue weighted by molar-refractivity contribution is -0.142. The van der Waals surface area contributed by atoms with Gasteiger partial charge in [-0.15, -0.1) is 0 Å². The van der Waals surface area contributed by atoms with Crippen LogP contribution in [-0.2, 0) is 16.1 Å². The maximum absolute atomic E-state index is 10.9. The van der Waals surface area contributed by atoms with Crippen LogP contribution >= 0.6 is 0 Å². The fourth-order valence-corrected chi connectivity index (χ4v) is 3.01. The standard InChI is InChI=1S/C20H23NO3/c22-20(23)18-10-11-19(21-12-18)14-24-13-15-6-8-17(9-7-15)16-4-2-1-3-5-16/h1-9,18-19,21H,10-14H2,(H,22,23)/t18-,19+/m1/s1. The van der Waals surface area contributed by atoms with Crippen LogP contribution in [0.2, 0.25) is 0 Å². The number of ether oxygens (including phenoxy) is 1. The summed E-state index contributed by atoms with van der Waals surface area (Å²) in [4.78, 5) is 10.9. The predicted molar refractivity (Wildman–Crippen MR) is 93.7 cm³/mol. The van der Waals surface area contributed by atoms with E-state index >= 15 is 0 Å². The molecule has 0 aliphatic carbocycles. The minimum atomic E-state index is -0.708. The smallest absolute Gasteiger partial charge is 0.307 e. The number of carboxylic acid groups (broad SMARTS) is 1. The van der Waals surface area contributed by atoms with Gasteiger partial charge in [-0.25, -0.2) is 0 Å². The number of carboxylic acids is 1. The topological polar surface area (TPSA) is 58.6 Å². The maximum Gasteiger partial charge on any atom is 0.307 e. The van der Waals surface area contributed by atoms with Gasteiger partial charge in [-0.1, -0.05) is 54.6 Å². The molecule has 0 aromatic heterocycles. The van der Waals surface area contributed by atoms with Crippen molar-refractivity contribution in [2.45, 2.75) is 25.5 Å². The molecule has 1 aliphatic rings. The molecule has 1 heterocycles. The van der Waals surface area contributed by atoms with Crippen molar-refractivity contribution < 1.29 is 14.6 Å². The van der Waals surface area contributed by atoms with Gasteiger partial charge in [0.05, 0.1) is 19.1 Å². The normalized spacial score (nSPS) is 20.7. The van der Waals surface area contributed by atoms with E-state index in [0.29, 0.717) is 19.8 Å². The highest BCUT2D eigenvalue weighted by molar-refractivity contribution is 5.70. The fraction of sp³-hybridized carbons (Fsp3) is 0.350. The quantitative estimate of drug-likeness (QED) is 0.855. The average molecular weight is 325 g/mol. The molecule has 2 atom stereocenters. The van der Waals surface area contributed by atoms with Crippen LogP contribution in [0.3, 0.4) is 0 Å². The average Bonchev–Trinajstić information content (AvgIpc) is 2.63. The number of benzene rings is 2. The van der Waals surface area contributed by atoms with Crippen LogP contribution in [0, 0.1) is 5.92 Å². The Kier molecular flexibility index (Phi) is 5.62. The Bertz CT molecular complexity index is 646. The molecule has 2 N–H and O–H groups in total. The molecule has 0 radical (unpaired) electrons. The minimum Gasteiger partial charge on any atom is -0.481 e. The van der Waals surface area contributed by atoms with E-state index < -0.39 is 5.97 Å². The van der Waals surface area contributed by atoms with Crippen molar-refractivity contribution in [2.75, 3.05) is 13.2 Å². The van der Waals surface area contributed by atoms with E-state index in [-0.39, 0.29) is 12.0 Å². The molecule has 0 unspecified atom stereocenters. The van der Waals surface area contributed by atoms with Gasteiger partial charge in [-0.05, 0) is 29.5 Å². The molecule has 1 aliphatic heterocycles. The van der Waals surface area contributed by atoms with Gasteiger partial charge in [-0.2, -0.15) is 0 Å². The highest BCUT2D eigenvalue weighted by atomic mass is 16.5. The summed E-state index contributed by atoms with van der Waals surface area (Å²) in [7, 11) is 0. The number of hydrogen-bond donors (Lipinski definition) is 2. The third-order valence-corrected chi connectivity index (χ3v) is 4.51. The Balaban J connectivity index is 1.44. The van der Waals surface area contributed by atoms with Crippen molar-refractivity contribution in [3.63, 3.8) is 0 Å². The molecule has 0 spiro atoms. The van der Waals surface area contributed by atoms with E-state index in [9.17, 15) is 4.79 Å².